The molecule has 1 fully saturated rings. The van der Waals surface area contributed by atoms with Gasteiger partial charge in [0.2, 0.25) is 0 Å². The molecule has 1 saturated carbocycles. The van der Waals surface area contributed by atoms with Gasteiger partial charge in [0.15, 0.2) is 5.78 Å². The molecule has 0 aromatic rings. The van der Waals surface area contributed by atoms with E-state index in [0.29, 0.717) is 25.9 Å². The second kappa shape index (κ2) is 8.03. The van der Waals surface area contributed by atoms with Crippen molar-refractivity contribution < 1.29 is 14.3 Å². The van der Waals surface area contributed by atoms with E-state index in [2.05, 4.69) is 0 Å². The number of hydrogen-bond acceptors (Lipinski definition) is 3. The number of Topliss-reactive ketones (excluding diaryl/α,β-unsaturated/α-hetero) is 1. The standard InChI is InChI=1S/C17H26O3/c1-4-7-8-11-17(12-9-10-15(17)18)16(19)20-13-14(5-2)6-3/h5,7-8H,4,6,9-13H2,1-3H3. The second-order valence-corrected chi connectivity index (χ2v) is 5.32. The average molecular weight is 278 g/mol. The molecule has 20 heavy (non-hydrogen) atoms. The molecule has 0 radical (unpaired) electrons. The number of ether oxygens (including phenoxy) is 1. The Hall–Kier alpha value is -1.38. The third-order valence-corrected chi connectivity index (χ3v) is 4.05. The lowest BCUT2D eigenvalue weighted by molar-refractivity contribution is -0.158. The first-order valence-electron chi connectivity index (χ1n) is 7.60. The Morgan fingerprint density at radius 3 is 2.60 bits per heavy atom. The molecule has 3 heteroatoms. The molecule has 112 valence electrons. The first-order valence-corrected chi connectivity index (χ1v) is 7.60. The van der Waals surface area contributed by atoms with E-state index in [1.807, 2.05) is 39.0 Å². The summed E-state index contributed by atoms with van der Waals surface area (Å²) in [5, 5.41) is 0. The number of ketones is 1. The van der Waals surface area contributed by atoms with E-state index in [1.165, 1.54) is 0 Å². The second-order valence-electron chi connectivity index (χ2n) is 5.32. The minimum atomic E-state index is -0.918. The van der Waals surface area contributed by atoms with E-state index < -0.39 is 5.41 Å². The van der Waals surface area contributed by atoms with Crippen molar-refractivity contribution in [3.05, 3.63) is 23.8 Å². The molecule has 0 aromatic carbocycles. The molecule has 0 amide bonds. The van der Waals surface area contributed by atoms with Crippen molar-refractivity contribution in [2.45, 2.75) is 59.3 Å². The Labute approximate surface area is 122 Å². The summed E-state index contributed by atoms with van der Waals surface area (Å²) in [6, 6.07) is 0. The van der Waals surface area contributed by atoms with E-state index in [4.69, 9.17) is 4.74 Å². The third kappa shape index (κ3) is 3.81. The largest absolute Gasteiger partial charge is 0.460 e. The molecular formula is C17H26O3. The number of carbonyl (C=O) groups is 2. The molecule has 0 saturated heterocycles. The van der Waals surface area contributed by atoms with Crippen LogP contribution in [0.2, 0.25) is 0 Å². The SMILES string of the molecule is CC=C(CC)COC(=O)C1(CC=CCC)CCCC1=O. The third-order valence-electron chi connectivity index (χ3n) is 4.05. The summed E-state index contributed by atoms with van der Waals surface area (Å²) in [6.45, 7) is 6.31. The van der Waals surface area contributed by atoms with Gasteiger partial charge >= 0.3 is 5.97 Å². The summed E-state index contributed by atoms with van der Waals surface area (Å²) in [5.41, 5.74) is 0.168. The maximum atomic E-state index is 12.4. The molecule has 1 aliphatic rings. The molecule has 0 spiro atoms. The highest BCUT2D eigenvalue weighted by Crippen LogP contribution is 2.39. The van der Waals surface area contributed by atoms with Gasteiger partial charge in [-0.15, -0.1) is 0 Å². The fourth-order valence-electron chi connectivity index (χ4n) is 2.58. The molecule has 0 bridgehead atoms. The highest BCUT2D eigenvalue weighted by Gasteiger charge is 2.48. The molecule has 0 N–H and O–H groups in total. The first kappa shape index (κ1) is 16.7. The first-order chi connectivity index (χ1) is 9.60. The smallest absolute Gasteiger partial charge is 0.320 e. The van der Waals surface area contributed by atoms with Gasteiger partial charge in [-0.25, -0.2) is 0 Å². The van der Waals surface area contributed by atoms with Crippen LogP contribution >= 0.6 is 0 Å². The van der Waals surface area contributed by atoms with Gasteiger partial charge in [-0.1, -0.05) is 32.1 Å². The van der Waals surface area contributed by atoms with Crippen LogP contribution in [0.4, 0.5) is 0 Å². The topological polar surface area (TPSA) is 43.4 Å². The maximum Gasteiger partial charge on any atom is 0.320 e. The number of carbonyl (C=O) groups excluding carboxylic acids is 2. The van der Waals surface area contributed by atoms with Gasteiger partial charge in [0.1, 0.15) is 12.0 Å². The lowest BCUT2D eigenvalue weighted by Gasteiger charge is -2.24. The average Bonchev–Trinajstić information content (AvgIpc) is 2.82. The van der Waals surface area contributed by atoms with Crippen molar-refractivity contribution in [1.82, 2.24) is 0 Å². The summed E-state index contributed by atoms with van der Waals surface area (Å²) in [6.07, 6.45) is 10.1. The molecule has 0 heterocycles. The summed E-state index contributed by atoms with van der Waals surface area (Å²) in [4.78, 5) is 24.6. The Balaban J connectivity index is 2.76. The fourth-order valence-corrected chi connectivity index (χ4v) is 2.58. The van der Waals surface area contributed by atoms with Crippen molar-refractivity contribution in [3.63, 3.8) is 0 Å². The van der Waals surface area contributed by atoms with Crippen LogP contribution < -0.4 is 0 Å². The molecule has 0 aliphatic heterocycles. The Morgan fingerprint density at radius 2 is 2.10 bits per heavy atom. The molecule has 1 rings (SSSR count). The van der Waals surface area contributed by atoms with Crippen LogP contribution in [0.5, 0.6) is 0 Å². The predicted molar refractivity (Wildman–Crippen MR) is 80.3 cm³/mol. The van der Waals surface area contributed by atoms with Gasteiger partial charge in [-0.3, -0.25) is 9.59 Å². The molecule has 3 nitrogen and oxygen atoms in total. The van der Waals surface area contributed by atoms with Gasteiger partial charge in [-0.05, 0) is 44.6 Å². The van der Waals surface area contributed by atoms with Crippen molar-refractivity contribution in [2.75, 3.05) is 6.61 Å². The van der Waals surface area contributed by atoms with E-state index in [0.717, 1.165) is 24.8 Å². The molecule has 0 aromatic heterocycles. The number of rotatable bonds is 7. The van der Waals surface area contributed by atoms with E-state index in [1.54, 1.807) is 0 Å². The Morgan fingerprint density at radius 1 is 1.35 bits per heavy atom. The Bertz CT molecular complexity index is 406. The van der Waals surface area contributed by atoms with Crippen LogP contribution in [0.3, 0.4) is 0 Å². The molecular weight excluding hydrogens is 252 g/mol. The van der Waals surface area contributed by atoms with Crippen molar-refractivity contribution in [3.8, 4) is 0 Å². The van der Waals surface area contributed by atoms with E-state index in [9.17, 15) is 9.59 Å². The quantitative estimate of drug-likeness (QED) is 0.402. The number of esters is 1. The van der Waals surface area contributed by atoms with Gasteiger partial charge in [0, 0.05) is 6.42 Å². The highest BCUT2D eigenvalue weighted by atomic mass is 16.5. The van der Waals surface area contributed by atoms with Crippen molar-refractivity contribution in [2.24, 2.45) is 5.41 Å². The van der Waals surface area contributed by atoms with Crippen LogP contribution in [0.1, 0.15) is 59.3 Å². The minimum absolute atomic E-state index is 0.0433. The maximum absolute atomic E-state index is 12.4. The fraction of sp³-hybridized carbons (Fsp3) is 0.647. The number of hydrogen-bond donors (Lipinski definition) is 0. The van der Waals surface area contributed by atoms with E-state index >= 15 is 0 Å². The zero-order chi connectivity index (χ0) is 15.0. The van der Waals surface area contributed by atoms with Crippen LogP contribution in [-0.4, -0.2) is 18.4 Å². The minimum Gasteiger partial charge on any atom is -0.460 e. The summed E-state index contributed by atoms with van der Waals surface area (Å²) in [7, 11) is 0. The predicted octanol–water partition coefficient (Wildman–Crippen LogP) is 3.98. The van der Waals surface area contributed by atoms with Crippen LogP contribution in [-0.2, 0) is 14.3 Å². The zero-order valence-corrected chi connectivity index (χ0v) is 12.9. The summed E-state index contributed by atoms with van der Waals surface area (Å²) in [5.74, 6) is -0.296. The van der Waals surface area contributed by atoms with E-state index in [-0.39, 0.29) is 11.8 Å². The van der Waals surface area contributed by atoms with Crippen LogP contribution in [0.25, 0.3) is 0 Å². The van der Waals surface area contributed by atoms with Gasteiger partial charge < -0.3 is 4.74 Å². The lowest BCUT2D eigenvalue weighted by atomic mass is 9.81. The van der Waals surface area contributed by atoms with Gasteiger partial charge in [0.05, 0.1) is 0 Å². The van der Waals surface area contributed by atoms with Gasteiger partial charge in [0.25, 0.3) is 0 Å². The molecule has 1 aliphatic carbocycles. The lowest BCUT2D eigenvalue weighted by Crippen LogP contribution is -2.36. The molecule has 1 atom stereocenters. The van der Waals surface area contributed by atoms with Crippen LogP contribution in [0.15, 0.2) is 23.8 Å². The summed E-state index contributed by atoms with van der Waals surface area (Å²) >= 11 is 0. The normalized spacial score (nSPS) is 23.6. The Kier molecular flexibility index (Phi) is 6.69. The monoisotopic (exact) mass is 278 g/mol. The summed E-state index contributed by atoms with van der Waals surface area (Å²) < 4.78 is 5.41. The van der Waals surface area contributed by atoms with Crippen molar-refractivity contribution in [1.29, 1.82) is 0 Å². The van der Waals surface area contributed by atoms with Gasteiger partial charge in [-0.2, -0.15) is 0 Å². The zero-order valence-electron chi connectivity index (χ0n) is 12.9. The number of allylic oxidation sites excluding steroid dienone is 3. The van der Waals surface area contributed by atoms with Crippen LogP contribution in [0, 0.1) is 5.41 Å². The highest BCUT2D eigenvalue weighted by molar-refractivity contribution is 6.05. The molecule has 1 unspecified atom stereocenters. The van der Waals surface area contributed by atoms with Crippen molar-refractivity contribution >= 4 is 11.8 Å².